The van der Waals surface area contributed by atoms with Crippen LogP contribution in [0.25, 0.3) is 0 Å². The third-order valence-electron chi connectivity index (χ3n) is 2.86. The first-order valence-corrected chi connectivity index (χ1v) is 5.75. The smallest absolute Gasteiger partial charge is 0.271 e. The van der Waals surface area contributed by atoms with Gasteiger partial charge in [-0.2, -0.15) is 0 Å². The zero-order valence-corrected chi connectivity index (χ0v) is 10.8. The largest absolute Gasteiger partial charge is 0.476 e. The van der Waals surface area contributed by atoms with Gasteiger partial charge in [-0.15, -0.1) is 0 Å². The van der Waals surface area contributed by atoms with Crippen LogP contribution in [0, 0.1) is 0 Å². The van der Waals surface area contributed by atoms with Gasteiger partial charge in [-0.25, -0.2) is 5.84 Å². The minimum Gasteiger partial charge on any atom is -0.476 e. The minimum atomic E-state index is -1.06. The molecule has 2 rings (SSSR count). The quantitative estimate of drug-likeness (QED) is 0.295. The second-order valence-electron chi connectivity index (χ2n) is 4.80. The Bertz CT molecular complexity index is 542. The van der Waals surface area contributed by atoms with Crippen LogP contribution in [0.5, 0.6) is 5.75 Å². The van der Waals surface area contributed by atoms with Crippen molar-refractivity contribution in [2.45, 2.75) is 19.4 Å². The fourth-order valence-corrected chi connectivity index (χ4v) is 1.93. The highest BCUT2D eigenvalue weighted by Gasteiger charge is 2.41. The Morgan fingerprint density at radius 2 is 2.16 bits per heavy atom. The fourth-order valence-electron chi connectivity index (χ4n) is 1.93. The van der Waals surface area contributed by atoms with Gasteiger partial charge in [0, 0.05) is 11.8 Å². The van der Waals surface area contributed by atoms with Crippen LogP contribution in [0.1, 0.15) is 13.8 Å². The summed E-state index contributed by atoms with van der Waals surface area (Å²) in [6, 6.07) is 4.90. The molecule has 1 aliphatic rings. The van der Waals surface area contributed by atoms with Crippen molar-refractivity contribution in [2.75, 3.05) is 17.2 Å². The molecule has 1 heterocycles. The predicted octanol–water partition coefficient (Wildman–Crippen LogP) is -0.237. The Morgan fingerprint density at radius 1 is 1.47 bits per heavy atom. The van der Waals surface area contributed by atoms with E-state index in [-0.39, 0.29) is 12.5 Å². The summed E-state index contributed by atoms with van der Waals surface area (Å²) in [7, 11) is 0. The SMILES string of the molecule is CC1(C)Oc2cc(N)ccc2N(CC(=O)NN)C1=O. The molecule has 0 saturated heterocycles. The normalized spacial score (nSPS) is 16.6. The first kappa shape index (κ1) is 13.2. The standard InChI is InChI=1S/C12H16N4O3/c1-12(2)11(18)16(6-10(17)15-14)8-4-3-7(13)5-9(8)19-12/h3-5H,6,13-14H2,1-2H3,(H,15,17). The van der Waals surface area contributed by atoms with Crippen LogP contribution in [0.15, 0.2) is 18.2 Å². The van der Waals surface area contributed by atoms with E-state index < -0.39 is 11.5 Å². The molecule has 5 N–H and O–H groups in total. The topological polar surface area (TPSA) is 111 Å². The van der Waals surface area contributed by atoms with Gasteiger partial charge >= 0.3 is 0 Å². The van der Waals surface area contributed by atoms with E-state index in [0.29, 0.717) is 17.1 Å². The lowest BCUT2D eigenvalue weighted by molar-refractivity contribution is -0.134. The zero-order valence-electron chi connectivity index (χ0n) is 10.8. The molecule has 1 aromatic rings. The molecule has 0 unspecified atom stereocenters. The maximum atomic E-state index is 12.3. The van der Waals surface area contributed by atoms with Gasteiger partial charge in [0.15, 0.2) is 5.60 Å². The van der Waals surface area contributed by atoms with E-state index in [9.17, 15) is 9.59 Å². The highest BCUT2D eigenvalue weighted by Crippen LogP contribution is 2.38. The molecule has 0 saturated carbocycles. The third-order valence-corrected chi connectivity index (χ3v) is 2.86. The van der Waals surface area contributed by atoms with E-state index in [1.165, 1.54) is 4.90 Å². The number of benzene rings is 1. The van der Waals surface area contributed by atoms with Crippen LogP contribution in [-0.4, -0.2) is 24.0 Å². The average molecular weight is 264 g/mol. The first-order chi connectivity index (χ1) is 8.85. The molecule has 0 fully saturated rings. The second kappa shape index (κ2) is 4.43. The number of hydrazine groups is 1. The highest BCUT2D eigenvalue weighted by atomic mass is 16.5. The van der Waals surface area contributed by atoms with Gasteiger partial charge in [-0.1, -0.05) is 0 Å². The monoisotopic (exact) mass is 264 g/mol. The summed E-state index contributed by atoms with van der Waals surface area (Å²) in [5.74, 6) is 4.75. The van der Waals surface area contributed by atoms with Gasteiger partial charge in [0.2, 0.25) is 0 Å². The van der Waals surface area contributed by atoms with Crippen molar-refractivity contribution >= 4 is 23.2 Å². The van der Waals surface area contributed by atoms with Crippen molar-refractivity contribution in [1.29, 1.82) is 0 Å². The number of rotatable bonds is 2. The Labute approximate surface area is 110 Å². The summed E-state index contributed by atoms with van der Waals surface area (Å²) in [6.45, 7) is 3.10. The van der Waals surface area contributed by atoms with Crippen LogP contribution >= 0.6 is 0 Å². The summed E-state index contributed by atoms with van der Waals surface area (Å²) in [4.78, 5) is 25.0. The molecule has 0 spiro atoms. The lowest BCUT2D eigenvalue weighted by atomic mass is 10.0. The summed E-state index contributed by atoms with van der Waals surface area (Å²) in [5, 5.41) is 0. The number of ether oxygens (including phenoxy) is 1. The Morgan fingerprint density at radius 3 is 2.79 bits per heavy atom. The number of carbonyl (C=O) groups is 2. The number of nitrogens with zero attached hydrogens (tertiary/aromatic N) is 1. The van der Waals surface area contributed by atoms with Gasteiger partial charge in [-0.05, 0) is 26.0 Å². The minimum absolute atomic E-state index is 0.168. The van der Waals surface area contributed by atoms with Crippen LogP contribution in [0.4, 0.5) is 11.4 Å². The number of anilines is 2. The van der Waals surface area contributed by atoms with Gasteiger partial charge in [0.05, 0.1) is 5.69 Å². The Kier molecular flexibility index (Phi) is 3.07. The fraction of sp³-hybridized carbons (Fsp3) is 0.333. The van der Waals surface area contributed by atoms with Gasteiger partial charge in [0.25, 0.3) is 11.8 Å². The van der Waals surface area contributed by atoms with E-state index in [1.807, 2.05) is 5.43 Å². The molecule has 7 nitrogen and oxygen atoms in total. The molecule has 0 aromatic heterocycles. The van der Waals surface area contributed by atoms with E-state index in [2.05, 4.69) is 0 Å². The summed E-state index contributed by atoms with van der Waals surface area (Å²) in [5.41, 5.74) is 7.66. The van der Waals surface area contributed by atoms with E-state index in [4.69, 9.17) is 16.3 Å². The number of nitrogens with two attached hydrogens (primary N) is 2. The lowest BCUT2D eigenvalue weighted by Crippen LogP contribution is -2.55. The van der Waals surface area contributed by atoms with Crippen molar-refractivity contribution < 1.29 is 14.3 Å². The van der Waals surface area contributed by atoms with Crippen molar-refractivity contribution in [1.82, 2.24) is 5.43 Å². The van der Waals surface area contributed by atoms with Crippen molar-refractivity contribution in [3.63, 3.8) is 0 Å². The van der Waals surface area contributed by atoms with Crippen molar-refractivity contribution in [3.05, 3.63) is 18.2 Å². The van der Waals surface area contributed by atoms with Gasteiger partial charge < -0.3 is 10.5 Å². The molecule has 1 aromatic carbocycles. The Balaban J connectivity index is 2.46. The van der Waals surface area contributed by atoms with Crippen LogP contribution in [0.3, 0.4) is 0 Å². The van der Waals surface area contributed by atoms with E-state index in [0.717, 1.165) is 0 Å². The highest BCUT2D eigenvalue weighted by molar-refractivity contribution is 6.05. The number of amides is 2. The number of fused-ring (bicyclic) bond motifs is 1. The third kappa shape index (κ3) is 2.32. The number of hydrogen-bond acceptors (Lipinski definition) is 5. The summed E-state index contributed by atoms with van der Waals surface area (Å²) >= 11 is 0. The molecule has 2 amide bonds. The van der Waals surface area contributed by atoms with Gasteiger partial charge in [0.1, 0.15) is 12.3 Å². The maximum Gasteiger partial charge on any atom is 0.271 e. The molecule has 1 aliphatic heterocycles. The number of nitrogen functional groups attached to an aromatic ring is 1. The predicted molar refractivity (Wildman–Crippen MR) is 70.2 cm³/mol. The number of carbonyl (C=O) groups excluding carboxylic acids is 2. The maximum absolute atomic E-state index is 12.3. The molecule has 102 valence electrons. The van der Waals surface area contributed by atoms with Crippen LogP contribution in [-0.2, 0) is 9.59 Å². The summed E-state index contributed by atoms with van der Waals surface area (Å²) < 4.78 is 5.62. The molecule has 0 aliphatic carbocycles. The summed E-state index contributed by atoms with van der Waals surface area (Å²) in [6.07, 6.45) is 0. The van der Waals surface area contributed by atoms with E-state index >= 15 is 0 Å². The first-order valence-electron chi connectivity index (χ1n) is 5.75. The zero-order chi connectivity index (χ0) is 14.2. The molecule has 0 radical (unpaired) electrons. The van der Waals surface area contributed by atoms with Gasteiger partial charge in [-0.3, -0.25) is 19.9 Å². The molecule has 7 heteroatoms. The number of hydrogen-bond donors (Lipinski definition) is 3. The Hall–Kier alpha value is -2.28. The molecule has 0 atom stereocenters. The van der Waals surface area contributed by atoms with Crippen molar-refractivity contribution in [2.24, 2.45) is 5.84 Å². The van der Waals surface area contributed by atoms with Crippen LogP contribution < -0.4 is 26.6 Å². The second-order valence-corrected chi connectivity index (χ2v) is 4.80. The average Bonchev–Trinajstić information content (AvgIpc) is 2.34. The molecule has 19 heavy (non-hydrogen) atoms. The number of nitrogens with one attached hydrogen (secondary N) is 1. The lowest BCUT2D eigenvalue weighted by Gasteiger charge is -2.38. The van der Waals surface area contributed by atoms with Crippen molar-refractivity contribution in [3.8, 4) is 5.75 Å². The molecular weight excluding hydrogens is 248 g/mol. The molecular formula is C12H16N4O3. The van der Waals surface area contributed by atoms with E-state index in [1.54, 1.807) is 32.0 Å². The van der Waals surface area contributed by atoms with Crippen LogP contribution in [0.2, 0.25) is 0 Å². The molecule has 0 bridgehead atoms.